The molecule has 0 spiro atoms. The number of hydrogen-bond acceptors (Lipinski definition) is 5. The van der Waals surface area contributed by atoms with Crippen LogP contribution in [0.1, 0.15) is 24.5 Å². The second-order valence-electron chi connectivity index (χ2n) is 9.05. The Morgan fingerprint density at radius 3 is 2.56 bits per heavy atom. The van der Waals surface area contributed by atoms with E-state index < -0.39 is 0 Å². The molecule has 32 heavy (non-hydrogen) atoms. The van der Waals surface area contributed by atoms with Crippen LogP contribution in [0.25, 0.3) is 16.6 Å². The van der Waals surface area contributed by atoms with Crippen LogP contribution in [0.4, 0.5) is 5.69 Å². The van der Waals surface area contributed by atoms with Crippen LogP contribution in [0.15, 0.2) is 48.8 Å². The van der Waals surface area contributed by atoms with Crippen LogP contribution in [0.3, 0.4) is 0 Å². The number of hydrogen-bond donors (Lipinski definition) is 1. The Morgan fingerprint density at radius 2 is 1.84 bits per heavy atom. The average molecular weight is 432 g/mol. The zero-order chi connectivity index (χ0) is 21.5. The summed E-state index contributed by atoms with van der Waals surface area (Å²) in [4.78, 5) is 16.8. The number of nitrogens with one attached hydrogen (secondary N) is 1. The van der Waals surface area contributed by atoms with Gasteiger partial charge in [0, 0.05) is 63.1 Å². The molecule has 1 atom stereocenters. The van der Waals surface area contributed by atoms with Crippen LogP contribution in [0.5, 0.6) is 0 Å². The maximum Gasteiger partial charge on any atom is 0.225 e. The Hall–Kier alpha value is -2.90. The summed E-state index contributed by atoms with van der Waals surface area (Å²) in [6.07, 6.45) is 6.24. The first-order valence-corrected chi connectivity index (χ1v) is 11.7. The monoisotopic (exact) mass is 431 g/mol. The minimum Gasteiger partial charge on any atom is -0.371 e. The van der Waals surface area contributed by atoms with Crippen LogP contribution >= 0.6 is 0 Å². The number of nitrogens with zero attached hydrogens (tertiary/aromatic N) is 4. The molecule has 1 N–H and O–H groups in total. The fourth-order valence-corrected chi connectivity index (χ4v) is 4.85. The third kappa shape index (κ3) is 3.76. The van der Waals surface area contributed by atoms with Crippen molar-refractivity contribution in [2.24, 2.45) is 5.92 Å². The van der Waals surface area contributed by atoms with Gasteiger partial charge >= 0.3 is 0 Å². The van der Waals surface area contributed by atoms with Crippen molar-refractivity contribution in [1.29, 1.82) is 0 Å². The highest BCUT2D eigenvalue weighted by Gasteiger charge is 2.34. The molecule has 2 aromatic heterocycles. The van der Waals surface area contributed by atoms with Gasteiger partial charge in [-0.15, -0.1) is 0 Å². The van der Waals surface area contributed by atoms with Gasteiger partial charge in [-0.3, -0.25) is 4.79 Å². The van der Waals surface area contributed by atoms with Crippen LogP contribution in [0.2, 0.25) is 0 Å². The highest BCUT2D eigenvalue weighted by Crippen LogP contribution is 2.33. The van der Waals surface area contributed by atoms with Gasteiger partial charge in [0.05, 0.1) is 23.9 Å². The summed E-state index contributed by atoms with van der Waals surface area (Å²) in [5, 5.41) is 7.93. The third-order valence-corrected chi connectivity index (χ3v) is 6.89. The number of benzene rings is 1. The first-order chi connectivity index (χ1) is 15.8. The molecular weight excluding hydrogens is 402 g/mol. The first kappa shape index (κ1) is 19.8. The maximum absolute atomic E-state index is 12.4. The van der Waals surface area contributed by atoms with Crippen molar-refractivity contribution in [3.05, 3.63) is 54.4 Å². The number of carbonyl (C=O) groups excluding carboxylic acids is 1. The van der Waals surface area contributed by atoms with E-state index >= 15 is 0 Å². The standard InChI is InChI=1S/C25H29N5O2/c31-25(20-5-6-20)29-12-10-28(11-13-29)22-7-8-27-30-17-21(15-23(22)30)18-1-3-19(4-2-18)24-16-26-9-14-32-24/h1-4,7-8,15,17,20,24,26H,5-6,9-14,16H2/t24-/m1/s1. The van der Waals surface area contributed by atoms with E-state index in [1.54, 1.807) is 0 Å². The number of fused-ring (bicyclic) bond motifs is 1. The smallest absolute Gasteiger partial charge is 0.225 e. The Labute approximate surface area is 188 Å². The van der Waals surface area contributed by atoms with Crippen molar-refractivity contribution in [1.82, 2.24) is 19.8 Å². The predicted molar refractivity (Wildman–Crippen MR) is 124 cm³/mol. The number of anilines is 1. The predicted octanol–water partition coefficient (Wildman–Crippen LogP) is 2.72. The van der Waals surface area contributed by atoms with Crippen LogP contribution in [-0.4, -0.2) is 66.3 Å². The minimum absolute atomic E-state index is 0.129. The Kier molecular flexibility index (Phi) is 5.08. The molecule has 0 unspecified atom stereocenters. The molecule has 1 aliphatic carbocycles. The van der Waals surface area contributed by atoms with E-state index in [1.165, 1.54) is 16.8 Å². The number of carbonyl (C=O) groups is 1. The number of piperazine rings is 1. The van der Waals surface area contributed by atoms with Gasteiger partial charge in [0.25, 0.3) is 0 Å². The van der Waals surface area contributed by atoms with Gasteiger partial charge in [-0.2, -0.15) is 5.10 Å². The zero-order valence-corrected chi connectivity index (χ0v) is 18.2. The molecule has 2 aliphatic heterocycles. The molecule has 0 bridgehead atoms. The fourth-order valence-electron chi connectivity index (χ4n) is 4.85. The van der Waals surface area contributed by atoms with E-state index in [0.717, 1.165) is 69.8 Å². The summed E-state index contributed by atoms with van der Waals surface area (Å²) in [6.45, 7) is 5.88. The van der Waals surface area contributed by atoms with Crippen LogP contribution in [0, 0.1) is 5.92 Å². The molecule has 4 heterocycles. The molecule has 0 radical (unpaired) electrons. The van der Waals surface area contributed by atoms with Crippen molar-refractivity contribution in [2.45, 2.75) is 18.9 Å². The lowest BCUT2D eigenvalue weighted by molar-refractivity contribution is -0.132. The van der Waals surface area contributed by atoms with E-state index in [2.05, 4.69) is 57.9 Å². The number of amides is 1. The molecule has 7 heteroatoms. The van der Waals surface area contributed by atoms with Gasteiger partial charge in [-0.1, -0.05) is 24.3 Å². The summed E-state index contributed by atoms with van der Waals surface area (Å²) in [5.74, 6) is 0.655. The molecule has 7 nitrogen and oxygen atoms in total. The molecule has 1 saturated carbocycles. The SMILES string of the molecule is O=C(C1CC1)N1CCN(c2ccnn3cc(-c4ccc([C@H]5CNCCO5)cc4)cc23)CC1. The van der Waals surface area contributed by atoms with Crippen molar-refractivity contribution >= 4 is 17.1 Å². The summed E-state index contributed by atoms with van der Waals surface area (Å²) in [5.41, 5.74) is 5.83. The number of rotatable bonds is 4. The molecule has 3 aliphatic rings. The van der Waals surface area contributed by atoms with E-state index in [-0.39, 0.29) is 6.10 Å². The van der Waals surface area contributed by atoms with Gasteiger partial charge in [-0.05, 0) is 36.1 Å². The topological polar surface area (TPSA) is 62.1 Å². The molecule has 2 saturated heterocycles. The Morgan fingerprint density at radius 1 is 1.03 bits per heavy atom. The average Bonchev–Trinajstić information content (AvgIpc) is 3.62. The van der Waals surface area contributed by atoms with E-state index in [0.29, 0.717) is 11.8 Å². The summed E-state index contributed by atoms with van der Waals surface area (Å²) >= 11 is 0. The lowest BCUT2D eigenvalue weighted by Crippen LogP contribution is -2.49. The lowest BCUT2D eigenvalue weighted by atomic mass is 10.0. The largest absolute Gasteiger partial charge is 0.371 e. The van der Waals surface area contributed by atoms with Crippen molar-refractivity contribution < 1.29 is 9.53 Å². The number of aromatic nitrogens is 2. The van der Waals surface area contributed by atoms with Crippen molar-refractivity contribution in [2.75, 3.05) is 50.8 Å². The zero-order valence-electron chi connectivity index (χ0n) is 18.2. The van der Waals surface area contributed by atoms with E-state index in [4.69, 9.17) is 4.74 Å². The molecular formula is C25H29N5O2. The van der Waals surface area contributed by atoms with Crippen LogP contribution in [-0.2, 0) is 9.53 Å². The van der Waals surface area contributed by atoms with Crippen molar-refractivity contribution in [3.63, 3.8) is 0 Å². The normalized spacial score (nSPS) is 21.8. The van der Waals surface area contributed by atoms with E-state index in [1.807, 2.05) is 15.6 Å². The summed E-state index contributed by atoms with van der Waals surface area (Å²) in [6, 6.07) is 13.0. The Balaban J connectivity index is 1.21. The second kappa shape index (κ2) is 8.22. The Bertz CT molecular complexity index is 1110. The van der Waals surface area contributed by atoms with Gasteiger partial charge in [-0.25, -0.2) is 4.52 Å². The number of morpholine rings is 1. The molecule has 1 aromatic carbocycles. The molecule has 1 amide bonds. The van der Waals surface area contributed by atoms with Gasteiger partial charge in [0.1, 0.15) is 0 Å². The maximum atomic E-state index is 12.4. The van der Waals surface area contributed by atoms with Gasteiger partial charge in [0.15, 0.2) is 0 Å². The quantitative estimate of drug-likeness (QED) is 0.688. The minimum atomic E-state index is 0.129. The first-order valence-electron chi connectivity index (χ1n) is 11.7. The molecule has 166 valence electrons. The highest BCUT2D eigenvalue weighted by molar-refractivity contribution is 5.82. The lowest BCUT2D eigenvalue weighted by Gasteiger charge is -2.36. The second-order valence-corrected chi connectivity index (χ2v) is 9.05. The summed E-state index contributed by atoms with van der Waals surface area (Å²) < 4.78 is 7.84. The van der Waals surface area contributed by atoms with Crippen LogP contribution < -0.4 is 10.2 Å². The molecule has 3 aromatic rings. The third-order valence-electron chi connectivity index (χ3n) is 6.89. The molecule has 6 rings (SSSR count). The molecule has 3 fully saturated rings. The highest BCUT2D eigenvalue weighted by atomic mass is 16.5. The van der Waals surface area contributed by atoms with Gasteiger partial charge in [0.2, 0.25) is 5.91 Å². The van der Waals surface area contributed by atoms with Gasteiger partial charge < -0.3 is 19.9 Å². The van der Waals surface area contributed by atoms with E-state index in [9.17, 15) is 4.79 Å². The fraction of sp³-hybridized carbons (Fsp3) is 0.440. The number of ether oxygens (including phenoxy) is 1. The van der Waals surface area contributed by atoms with Crippen molar-refractivity contribution in [3.8, 4) is 11.1 Å². The summed E-state index contributed by atoms with van der Waals surface area (Å²) in [7, 11) is 0.